The zero-order valence-electron chi connectivity index (χ0n) is 13.4. The predicted octanol–water partition coefficient (Wildman–Crippen LogP) is 4.12. The highest BCUT2D eigenvalue weighted by Crippen LogP contribution is 2.32. The maximum absolute atomic E-state index is 11.4. The number of nitrogens with one attached hydrogen (secondary N) is 2. The quantitative estimate of drug-likeness (QED) is 0.762. The summed E-state index contributed by atoms with van der Waals surface area (Å²) >= 11 is 0. The molecular weight excluding hydrogens is 300 g/mol. The molecule has 0 unspecified atom stereocenters. The molecule has 0 spiro atoms. The minimum Gasteiger partial charge on any atom is -0.354 e. The van der Waals surface area contributed by atoms with E-state index in [2.05, 4.69) is 21.7 Å². The summed E-state index contributed by atoms with van der Waals surface area (Å²) < 4.78 is 0. The van der Waals surface area contributed by atoms with Crippen molar-refractivity contribution in [3.8, 4) is 6.07 Å². The van der Waals surface area contributed by atoms with E-state index < -0.39 is 0 Å². The number of nitriles is 1. The Hall–Kier alpha value is -3.39. The number of benzene rings is 2. The van der Waals surface area contributed by atoms with Crippen molar-refractivity contribution < 1.29 is 4.79 Å². The molecule has 0 aliphatic rings. The van der Waals surface area contributed by atoms with Crippen LogP contribution in [0.2, 0.25) is 0 Å². The van der Waals surface area contributed by atoms with Gasteiger partial charge in [-0.15, -0.1) is 0 Å². The van der Waals surface area contributed by atoms with E-state index in [0.717, 1.165) is 22.2 Å². The van der Waals surface area contributed by atoms with Gasteiger partial charge >= 0.3 is 0 Å². The number of pyridine rings is 1. The number of nitrogens with zero attached hydrogens (tertiary/aromatic N) is 2. The third-order valence-corrected chi connectivity index (χ3v) is 3.69. The molecule has 1 amide bonds. The number of aryl methyl sites for hydroxylation is 1. The van der Waals surface area contributed by atoms with Crippen LogP contribution in [0, 0.1) is 18.3 Å². The molecule has 24 heavy (non-hydrogen) atoms. The highest BCUT2D eigenvalue weighted by molar-refractivity contribution is 6.00. The van der Waals surface area contributed by atoms with Gasteiger partial charge < -0.3 is 10.6 Å². The van der Waals surface area contributed by atoms with Crippen molar-refractivity contribution >= 4 is 33.9 Å². The van der Waals surface area contributed by atoms with Crippen LogP contribution in [-0.4, -0.2) is 10.9 Å². The summed E-state index contributed by atoms with van der Waals surface area (Å²) in [5.41, 5.74) is 4.40. The van der Waals surface area contributed by atoms with Crippen LogP contribution in [0.25, 0.3) is 10.9 Å². The fraction of sp³-hybridized carbons (Fsp3) is 0.105. The van der Waals surface area contributed by atoms with Crippen molar-refractivity contribution in [2.75, 3.05) is 10.6 Å². The zero-order chi connectivity index (χ0) is 17.1. The van der Waals surface area contributed by atoms with Gasteiger partial charge in [0.15, 0.2) is 0 Å². The Labute approximate surface area is 140 Å². The third-order valence-electron chi connectivity index (χ3n) is 3.69. The minimum atomic E-state index is -0.139. The van der Waals surface area contributed by atoms with Crippen molar-refractivity contribution in [1.82, 2.24) is 4.98 Å². The van der Waals surface area contributed by atoms with Gasteiger partial charge in [-0.3, -0.25) is 9.78 Å². The fourth-order valence-corrected chi connectivity index (χ4v) is 2.55. The summed E-state index contributed by atoms with van der Waals surface area (Å²) in [7, 11) is 0. The number of hydrogen-bond donors (Lipinski definition) is 2. The number of hydrogen-bond acceptors (Lipinski definition) is 4. The van der Waals surface area contributed by atoms with E-state index >= 15 is 0 Å². The first-order valence-electron chi connectivity index (χ1n) is 7.51. The Morgan fingerprint density at radius 3 is 2.62 bits per heavy atom. The van der Waals surface area contributed by atoms with Gasteiger partial charge in [-0.05, 0) is 36.8 Å². The number of carbonyl (C=O) groups excluding carboxylic acids is 1. The fourth-order valence-electron chi connectivity index (χ4n) is 2.55. The normalized spacial score (nSPS) is 10.2. The van der Waals surface area contributed by atoms with Gasteiger partial charge in [0, 0.05) is 29.9 Å². The molecule has 0 fully saturated rings. The number of aromatic nitrogens is 1. The maximum Gasteiger partial charge on any atom is 0.221 e. The highest BCUT2D eigenvalue weighted by atomic mass is 16.1. The minimum absolute atomic E-state index is 0.139. The van der Waals surface area contributed by atoms with Gasteiger partial charge in [0.25, 0.3) is 0 Å². The molecule has 118 valence electrons. The van der Waals surface area contributed by atoms with Gasteiger partial charge in [0.2, 0.25) is 5.91 Å². The lowest BCUT2D eigenvalue weighted by molar-refractivity contribution is -0.114. The molecule has 0 aliphatic heterocycles. The van der Waals surface area contributed by atoms with Crippen molar-refractivity contribution in [3.05, 3.63) is 59.8 Å². The molecule has 5 nitrogen and oxygen atoms in total. The number of fused-ring (bicyclic) bond motifs is 1. The van der Waals surface area contributed by atoms with E-state index in [9.17, 15) is 10.1 Å². The molecule has 3 aromatic rings. The Bertz CT molecular complexity index is 959. The molecule has 0 bridgehead atoms. The van der Waals surface area contributed by atoms with Gasteiger partial charge in [-0.25, -0.2) is 0 Å². The Balaban J connectivity index is 2.20. The van der Waals surface area contributed by atoms with Crippen molar-refractivity contribution in [3.63, 3.8) is 0 Å². The van der Waals surface area contributed by atoms with E-state index in [0.29, 0.717) is 16.9 Å². The van der Waals surface area contributed by atoms with E-state index in [1.165, 1.54) is 6.92 Å². The van der Waals surface area contributed by atoms with Crippen LogP contribution >= 0.6 is 0 Å². The smallest absolute Gasteiger partial charge is 0.221 e. The molecule has 0 atom stereocenters. The highest BCUT2D eigenvalue weighted by Gasteiger charge is 2.12. The van der Waals surface area contributed by atoms with Crippen LogP contribution in [0.4, 0.5) is 17.1 Å². The van der Waals surface area contributed by atoms with E-state index in [-0.39, 0.29) is 5.91 Å². The Kier molecular flexibility index (Phi) is 4.13. The van der Waals surface area contributed by atoms with Gasteiger partial charge in [0.05, 0.1) is 16.8 Å². The number of para-hydroxylation sites is 1. The van der Waals surface area contributed by atoms with Crippen molar-refractivity contribution in [1.29, 1.82) is 5.26 Å². The first-order chi connectivity index (χ1) is 11.6. The van der Waals surface area contributed by atoms with E-state index in [1.54, 1.807) is 6.20 Å². The van der Waals surface area contributed by atoms with Gasteiger partial charge in [-0.1, -0.05) is 18.2 Å². The van der Waals surface area contributed by atoms with Crippen LogP contribution < -0.4 is 10.6 Å². The predicted molar refractivity (Wildman–Crippen MR) is 95.2 cm³/mol. The molecule has 0 radical (unpaired) electrons. The molecule has 0 saturated carbocycles. The Morgan fingerprint density at radius 2 is 1.96 bits per heavy atom. The summed E-state index contributed by atoms with van der Waals surface area (Å²) in [5, 5.41) is 16.3. The second-order valence-electron chi connectivity index (χ2n) is 5.52. The molecule has 1 aromatic heterocycles. The van der Waals surface area contributed by atoms with Crippen LogP contribution in [-0.2, 0) is 4.79 Å². The number of rotatable bonds is 3. The van der Waals surface area contributed by atoms with Gasteiger partial charge in [-0.2, -0.15) is 5.26 Å². The van der Waals surface area contributed by atoms with E-state index in [1.807, 2.05) is 49.4 Å². The van der Waals surface area contributed by atoms with Crippen molar-refractivity contribution in [2.45, 2.75) is 13.8 Å². The van der Waals surface area contributed by atoms with E-state index in [4.69, 9.17) is 0 Å². The lowest BCUT2D eigenvalue weighted by atomic mass is 10.1. The van der Waals surface area contributed by atoms with Crippen LogP contribution in [0.15, 0.2) is 48.7 Å². The number of anilines is 3. The molecule has 3 rings (SSSR count). The molecule has 0 aliphatic carbocycles. The number of carbonyl (C=O) groups is 1. The average Bonchev–Trinajstić information content (AvgIpc) is 2.57. The molecular formula is C19H16N4O. The maximum atomic E-state index is 11.4. The first kappa shape index (κ1) is 15.5. The molecule has 5 heteroatoms. The largest absolute Gasteiger partial charge is 0.354 e. The van der Waals surface area contributed by atoms with Gasteiger partial charge in [0.1, 0.15) is 6.07 Å². The topological polar surface area (TPSA) is 77.8 Å². The lowest BCUT2D eigenvalue weighted by Crippen LogP contribution is -2.07. The molecule has 0 saturated heterocycles. The third kappa shape index (κ3) is 3.03. The summed E-state index contributed by atoms with van der Waals surface area (Å²) in [5.74, 6) is -0.139. The zero-order valence-corrected chi connectivity index (χ0v) is 13.4. The standard InChI is InChI=1S/C19H16N4O/c1-12-8-18-16(9-17(12)22-13(2)24)19(14(10-20)11-21-18)23-15-6-4-3-5-7-15/h3-9,11H,1-2H3,(H,21,23)(H,22,24). The SMILES string of the molecule is CC(=O)Nc1cc2c(Nc3ccccc3)c(C#N)cnc2cc1C. The monoisotopic (exact) mass is 316 g/mol. The Morgan fingerprint density at radius 1 is 1.21 bits per heavy atom. The van der Waals surface area contributed by atoms with Crippen LogP contribution in [0.3, 0.4) is 0 Å². The molecule has 2 aromatic carbocycles. The lowest BCUT2D eigenvalue weighted by Gasteiger charge is -2.14. The molecule has 1 heterocycles. The molecule has 2 N–H and O–H groups in total. The second kappa shape index (κ2) is 6.39. The summed E-state index contributed by atoms with van der Waals surface area (Å²) in [6.07, 6.45) is 1.56. The average molecular weight is 316 g/mol. The number of amides is 1. The summed E-state index contributed by atoms with van der Waals surface area (Å²) in [6.45, 7) is 3.38. The summed E-state index contributed by atoms with van der Waals surface area (Å²) in [6, 6.07) is 15.5. The summed E-state index contributed by atoms with van der Waals surface area (Å²) in [4.78, 5) is 15.8. The van der Waals surface area contributed by atoms with Crippen LogP contribution in [0.1, 0.15) is 18.1 Å². The van der Waals surface area contributed by atoms with Crippen molar-refractivity contribution in [2.24, 2.45) is 0 Å². The van der Waals surface area contributed by atoms with Crippen LogP contribution in [0.5, 0.6) is 0 Å². The first-order valence-corrected chi connectivity index (χ1v) is 7.51. The second-order valence-corrected chi connectivity index (χ2v) is 5.52.